The lowest BCUT2D eigenvalue weighted by Crippen LogP contribution is -2.33. The van der Waals surface area contributed by atoms with Crippen molar-refractivity contribution in [2.24, 2.45) is 5.73 Å². The number of hydrogen-bond donors (Lipinski definition) is 4. The molecule has 0 saturated carbocycles. The van der Waals surface area contributed by atoms with Gasteiger partial charge in [0.2, 0.25) is 5.69 Å². The summed E-state index contributed by atoms with van der Waals surface area (Å²) in [5, 5.41) is 43.3. The Morgan fingerprint density at radius 2 is 2.14 bits per heavy atom. The molecule has 0 spiro atoms. The minimum Gasteiger partial charge on any atom is -0.394 e. The maximum absolute atomic E-state index is 11.2. The van der Waals surface area contributed by atoms with Crippen molar-refractivity contribution in [2.75, 3.05) is 6.61 Å². The molecule has 1 aromatic rings. The first-order chi connectivity index (χ1) is 9.79. The first-order valence-electron chi connectivity index (χ1n) is 5.95. The predicted molar refractivity (Wildman–Crippen MR) is 65.1 cm³/mol. The summed E-state index contributed by atoms with van der Waals surface area (Å²) < 4.78 is 6.11. The number of aromatic nitrogens is 2. The van der Waals surface area contributed by atoms with Crippen LogP contribution in [0.5, 0.6) is 0 Å². The van der Waals surface area contributed by atoms with Gasteiger partial charge in [-0.1, -0.05) is 0 Å². The predicted octanol–water partition coefficient (Wildman–Crippen LogP) is -2.19. The number of aliphatic hydroxyl groups is 3. The molecule has 1 amide bonds. The van der Waals surface area contributed by atoms with Crippen LogP contribution in [0.1, 0.15) is 22.4 Å². The largest absolute Gasteiger partial charge is 0.394 e. The maximum Gasteiger partial charge on any atom is 0.323 e. The Hall–Kier alpha value is -2.08. The van der Waals surface area contributed by atoms with Crippen LogP contribution in [0.4, 0.5) is 5.69 Å². The molecule has 116 valence electrons. The summed E-state index contributed by atoms with van der Waals surface area (Å²) >= 11 is 0. The zero-order valence-corrected chi connectivity index (χ0v) is 10.9. The van der Waals surface area contributed by atoms with Crippen LogP contribution < -0.4 is 5.73 Å². The highest BCUT2D eigenvalue weighted by Crippen LogP contribution is 2.33. The minimum absolute atomic E-state index is 0.0661. The topological polar surface area (TPSA) is 174 Å². The molecule has 11 nitrogen and oxygen atoms in total. The van der Waals surface area contributed by atoms with Crippen molar-refractivity contribution in [1.82, 2.24) is 9.78 Å². The fourth-order valence-corrected chi connectivity index (χ4v) is 2.22. The number of rotatable bonds is 4. The van der Waals surface area contributed by atoms with Crippen LogP contribution in [0.25, 0.3) is 0 Å². The normalized spacial score (nSPS) is 28.8. The molecule has 1 unspecified atom stereocenters. The minimum atomic E-state index is -1.47. The van der Waals surface area contributed by atoms with Crippen LogP contribution in [0.3, 0.4) is 0 Å². The number of nitro groups is 1. The molecular formula is C10H14N4O7. The summed E-state index contributed by atoms with van der Waals surface area (Å²) in [7, 11) is 0. The molecule has 0 aliphatic carbocycles. The number of nitrogens with two attached hydrogens (primary N) is 1. The van der Waals surface area contributed by atoms with Gasteiger partial charge in [0.1, 0.15) is 24.0 Å². The summed E-state index contributed by atoms with van der Waals surface area (Å²) in [4.78, 5) is 21.4. The summed E-state index contributed by atoms with van der Waals surface area (Å²) in [5.74, 6) is -1.10. The van der Waals surface area contributed by atoms with Crippen molar-refractivity contribution < 1.29 is 29.8 Å². The van der Waals surface area contributed by atoms with Crippen molar-refractivity contribution in [3.8, 4) is 0 Å². The molecule has 11 heteroatoms. The highest BCUT2D eigenvalue weighted by atomic mass is 16.6. The third-order valence-electron chi connectivity index (χ3n) is 3.29. The van der Waals surface area contributed by atoms with E-state index in [4.69, 9.17) is 15.6 Å². The summed E-state index contributed by atoms with van der Waals surface area (Å²) in [5.41, 5.74) is 3.80. The highest BCUT2D eigenvalue weighted by molar-refractivity contribution is 5.95. The quantitative estimate of drug-likeness (QED) is 0.358. The smallest absolute Gasteiger partial charge is 0.323 e. The van der Waals surface area contributed by atoms with Gasteiger partial charge in [-0.15, -0.1) is 0 Å². The number of nitrogens with zero attached hydrogens (tertiary/aromatic N) is 3. The van der Waals surface area contributed by atoms with Gasteiger partial charge in [0.25, 0.3) is 5.91 Å². The molecule has 0 radical (unpaired) electrons. The van der Waals surface area contributed by atoms with E-state index in [0.717, 1.165) is 4.68 Å². The average Bonchev–Trinajstić information content (AvgIpc) is 2.89. The van der Waals surface area contributed by atoms with Crippen LogP contribution in [0.15, 0.2) is 0 Å². The van der Waals surface area contributed by atoms with E-state index in [1.807, 2.05) is 0 Å². The first-order valence-corrected chi connectivity index (χ1v) is 5.95. The fourth-order valence-electron chi connectivity index (χ4n) is 2.22. The van der Waals surface area contributed by atoms with Gasteiger partial charge in [-0.3, -0.25) is 14.9 Å². The lowest BCUT2D eigenvalue weighted by molar-refractivity contribution is -0.385. The van der Waals surface area contributed by atoms with Crippen LogP contribution in [0, 0.1) is 17.0 Å². The van der Waals surface area contributed by atoms with E-state index in [-0.39, 0.29) is 5.69 Å². The Labute approximate surface area is 117 Å². The maximum atomic E-state index is 11.2. The van der Waals surface area contributed by atoms with Gasteiger partial charge in [0, 0.05) is 0 Å². The number of primary amides is 1. The molecule has 1 fully saturated rings. The molecule has 4 atom stereocenters. The molecule has 5 N–H and O–H groups in total. The Balaban J connectivity index is 2.48. The van der Waals surface area contributed by atoms with Crippen LogP contribution in [-0.2, 0) is 4.74 Å². The van der Waals surface area contributed by atoms with E-state index >= 15 is 0 Å². The highest BCUT2D eigenvalue weighted by Gasteiger charge is 2.45. The number of carbonyl (C=O) groups excluding carboxylic acids is 1. The molecule has 21 heavy (non-hydrogen) atoms. The van der Waals surface area contributed by atoms with Gasteiger partial charge in [-0.05, 0) is 6.92 Å². The molecule has 1 aromatic heterocycles. The van der Waals surface area contributed by atoms with Crippen LogP contribution in [-0.4, -0.2) is 60.8 Å². The van der Waals surface area contributed by atoms with Crippen molar-refractivity contribution >= 4 is 11.6 Å². The second-order valence-corrected chi connectivity index (χ2v) is 4.58. The van der Waals surface area contributed by atoms with E-state index in [2.05, 4.69) is 5.10 Å². The standard InChI is InChI=1S/C10H14N4O7/c1-3-6(14(19)20)5(9(11)18)12-13(3)10-8(17)7(16)4(2-15)21-10/h4,7-8,10,15-17H,2H2,1H3,(H2,11,18)/t4-,7-,8-,10?/m1/s1. The van der Waals surface area contributed by atoms with Gasteiger partial charge < -0.3 is 25.8 Å². The van der Waals surface area contributed by atoms with E-state index < -0.39 is 53.4 Å². The lowest BCUT2D eigenvalue weighted by atomic mass is 10.1. The molecule has 0 bridgehead atoms. The van der Waals surface area contributed by atoms with Gasteiger partial charge in [0.15, 0.2) is 6.23 Å². The molecule has 1 aliphatic rings. The van der Waals surface area contributed by atoms with Crippen LogP contribution in [0.2, 0.25) is 0 Å². The second kappa shape index (κ2) is 5.37. The van der Waals surface area contributed by atoms with E-state index in [1.165, 1.54) is 6.92 Å². The molecule has 1 aliphatic heterocycles. The summed E-state index contributed by atoms with van der Waals surface area (Å²) in [6.07, 6.45) is -5.20. The average molecular weight is 302 g/mol. The van der Waals surface area contributed by atoms with Gasteiger partial charge >= 0.3 is 5.69 Å². The van der Waals surface area contributed by atoms with Crippen LogP contribution >= 0.6 is 0 Å². The third kappa shape index (κ3) is 2.35. The zero-order valence-electron chi connectivity index (χ0n) is 10.9. The summed E-state index contributed by atoms with van der Waals surface area (Å²) in [6, 6.07) is 0. The lowest BCUT2D eigenvalue weighted by Gasteiger charge is -2.16. The SMILES string of the molecule is Cc1c([N+](=O)[O-])c(C(N)=O)nn1C1O[C@H](CO)[C@@H](O)[C@H]1O. The Morgan fingerprint density at radius 3 is 2.52 bits per heavy atom. The van der Waals surface area contributed by atoms with E-state index in [0.29, 0.717) is 0 Å². The number of carbonyl (C=O) groups is 1. The molecule has 2 rings (SSSR count). The van der Waals surface area contributed by atoms with Gasteiger partial charge in [-0.2, -0.15) is 5.10 Å². The van der Waals surface area contributed by atoms with Gasteiger partial charge in [-0.25, -0.2) is 4.68 Å². The summed E-state index contributed by atoms with van der Waals surface area (Å²) in [6.45, 7) is 0.742. The van der Waals surface area contributed by atoms with Gasteiger partial charge in [0.05, 0.1) is 11.5 Å². The first kappa shape index (κ1) is 15.3. The number of ether oxygens (including phenoxy) is 1. The van der Waals surface area contributed by atoms with Crippen molar-refractivity contribution in [2.45, 2.75) is 31.5 Å². The Kier molecular flexibility index (Phi) is 3.91. The Bertz CT molecular complexity index is 586. The zero-order chi connectivity index (χ0) is 15.9. The van der Waals surface area contributed by atoms with E-state index in [1.54, 1.807) is 0 Å². The third-order valence-corrected chi connectivity index (χ3v) is 3.29. The monoisotopic (exact) mass is 302 g/mol. The molecule has 0 aromatic carbocycles. The van der Waals surface area contributed by atoms with Crippen molar-refractivity contribution in [3.05, 3.63) is 21.5 Å². The number of aliphatic hydroxyl groups excluding tert-OH is 3. The molecule has 2 heterocycles. The van der Waals surface area contributed by atoms with E-state index in [9.17, 15) is 25.1 Å². The second-order valence-electron chi connectivity index (χ2n) is 4.58. The fraction of sp³-hybridized carbons (Fsp3) is 0.600. The Morgan fingerprint density at radius 1 is 1.52 bits per heavy atom. The number of hydrogen-bond acceptors (Lipinski definition) is 8. The van der Waals surface area contributed by atoms with Crippen molar-refractivity contribution in [1.29, 1.82) is 0 Å². The number of amides is 1. The molecule has 1 saturated heterocycles. The van der Waals surface area contributed by atoms with Crippen molar-refractivity contribution in [3.63, 3.8) is 0 Å². The molecular weight excluding hydrogens is 288 g/mol.